The Bertz CT molecular complexity index is 1290. The van der Waals surface area contributed by atoms with Crippen molar-refractivity contribution in [1.82, 2.24) is 10.2 Å². The number of benzene rings is 2. The zero-order chi connectivity index (χ0) is 26.5. The molecule has 37 heavy (non-hydrogen) atoms. The Balaban J connectivity index is 1.39. The summed E-state index contributed by atoms with van der Waals surface area (Å²) < 4.78 is 5.71. The molecule has 1 aromatic heterocycles. The minimum absolute atomic E-state index is 0.115. The second-order valence-electron chi connectivity index (χ2n) is 9.21. The highest BCUT2D eigenvalue weighted by atomic mass is 35.5. The molecule has 0 spiro atoms. The maximum absolute atomic E-state index is 12.7. The third-order valence-corrected chi connectivity index (χ3v) is 6.64. The van der Waals surface area contributed by atoms with Crippen molar-refractivity contribution >= 4 is 63.7 Å². The van der Waals surface area contributed by atoms with Gasteiger partial charge in [0.1, 0.15) is 5.76 Å². The number of nitrogens with one attached hydrogen (secondary N) is 2. The predicted octanol–water partition coefficient (Wildman–Crippen LogP) is 6.07. The van der Waals surface area contributed by atoms with Crippen molar-refractivity contribution in [1.29, 1.82) is 0 Å². The number of halogens is 2. The van der Waals surface area contributed by atoms with Crippen molar-refractivity contribution in [3.05, 3.63) is 70.4 Å². The summed E-state index contributed by atoms with van der Waals surface area (Å²) in [6, 6.07) is 15.9. The molecule has 7 nitrogen and oxygen atoms in total. The maximum atomic E-state index is 12.7. The summed E-state index contributed by atoms with van der Waals surface area (Å²) in [6.45, 7) is 6.74. The van der Waals surface area contributed by atoms with Gasteiger partial charge in [-0.1, -0.05) is 37.0 Å². The van der Waals surface area contributed by atoms with Crippen LogP contribution in [-0.4, -0.2) is 48.0 Å². The normalized spacial score (nSPS) is 13.5. The number of furan rings is 1. The molecule has 0 atom stereocenters. The summed E-state index contributed by atoms with van der Waals surface area (Å²) in [7, 11) is 0. The summed E-state index contributed by atoms with van der Waals surface area (Å²) in [5.41, 5.74) is 2.36. The first-order valence-electron chi connectivity index (χ1n) is 12.0. The number of hydrogen-bond acceptors (Lipinski definition) is 5. The molecule has 1 aliphatic rings. The fourth-order valence-corrected chi connectivity index (χ4v) is 4.61. The highest BCUT2D eigenvalue weighted by Gasteiger charge is 2.24. The van der Waals surface area contributed by atoms with Crippen molar-refractivity contribution in [3.8, 4) is 11.3 Å². The number of thiocarbonyl (C=S) groups is 1. The van der Waals surface area contributed by atoms with E-state index < -0.39 is 5.91 Å². The Kier molecular flexibility index (Phi) is 8.74. The fourth-order valence-electron chi connectivity index (χ4n) is 4.11. The molecule has 1 fully saturated rings. The van der Waals surface area contributed by atoms with Gasteiger partial charge in [0.25, 0.3) is 5.91 Å². The van der Waals surface area contributed by atoms with Crippen molar-refractivity contribution in [3.63, 3.8) is 0 Å². The molecule has 2 N–H and O–H groups in total. The van der Waals surface area contributed by atoms with Crippen LogP contribution in [-0.2, 0) is 4.79 Å². The Morgan fingerprint density at radius 1 is 0.973 bits per heavy atom. The molecule has 2 amide bonds. The number of piperazine rings is 1. The van der Waals surface area contributed by atoms with E-state index in [1.807, 2.05) is 36.9 Å². The van der Waals surface area contributed by atoms with Gasteiger partial charge in [-0.15, -0.1) is 0 Å². The van der Waals surface area contributed by atoms with Crippen LogP contribution in [0.4, 0.5) is 11.4 Å². The Morgan fingerprint density at radius 3 is 2.32 bits per heavy atom. The first kappa shape index (κ1) is 27.0. The van der Waals surface area contributed by atoms with Gasteiger partial charge in [-0.3, -0.25) is 14.9 Å². The van der Waals surface area contributed by atoms with Crippen LogP contribution in [0.5, 0.6) is 0 Å². The van der Waals surface area contributed by atoms with Gasteiger partial charge < -0.3 is 19.5 Å². The van der Waals surface area contributed by atoms with Crippen LogP contribution in [0.25, 0.3) is 11.3 Å². The Hall–Kier alpha value is -3.07. The average Bonchev–Trinajstić information content (AvgIpc) is 3.35. The monoisotopic (exact) mass is 558 g/mol. The third kappa shape index (κ3) is 7.03. The van der Waals surface area contributed by atoms with E-state index in [1.165, 1.54) is 0 Å². The van der Waals surface area contributed by atoms with Gasteiger partial charge in [-0.2, -0.15) is 0 Å². The van der Waals surface area contributed by atoms with E-state index >= 15 is 0 Å². The zero-order valence-electron chi connectivity index (χ0n) is 20.6. The molecule has 0 radical (unpaired) electrons. The lowest BCUT2D eigenvalue weighted by molar-refractivity contribution is -0.132. The van der Waals surface area contributed by atoms with Crippen LogP contribution in [0.15, 0.2) is 59.0 Å². The molecule has 0 bridgehead atoms. The number of hydrogen-bond donors (Lipinski definition) is 2. The van der Waals surface area contributed by atoms with Gasteiger partial charge in [0.2, 0.25) is 5.91 Å². The van der Waals surface area contributed by atoms with Crippen LogP contribution < -0.4 is 15.5 Å². The van der Waals surface area contributed by atoms with Gasteiger partial charge >= 0.3 is 0 Å². The molecule has 1 aliphatic heterocycles. The number of anilines is 2. The van der Waals surface area contributed by atoms with E-state index in [0.717, 1.165) is 11.3 Å². The summed E-state index contributed by atoms with van der Waals surface area (Å²) in [4.78, 5) is 29.3. The standard InChI is InChI=1S/C27H28Cl2N4O3S/c1-17(2)15-25(34)33-13-11-32(12-14-33)22-8-7-20(29)16-21(22)30-27(37)31-26(35)24-10-9-23(36-24)18-3-5-19(28)6-4-18/h3-10,16-17H,11-15H2,1-2H3,(H2,30,31,35,37). The molecule has 0 saturated carbocycles. The van der Waals surface area contributed by atoms with Gasteiger partial charge in [0.05, 0.1) is 11.4 Å². The molecule has 194 valence electrons. The largest absolute Gasteiger partial charge is 0.451 e. The van der Waals surface area contributed by atoms with Gasteiger partial charge in [0, 0.05) is 48.2 Å². The van der Waals surface area contributed by atoms with E-state index in [0.29, 0.717) is 60.0 Å². The van der Waals surface area contributed by atoms with E-state index in [-0.39, 0.29) is 16.8 Å². The Morgan fingerprint density at radius 2 is 1.65 bits per heavy atom. The summed E-state index contributed by atoms with van der Waals surface area (Å²) in [5, 5.41) is 7.01. The van der Waals surface area contributed by atoms with E-state index in [2.05, 4.69) is 15.5 Å². The van der Waals surface area contributed by atoms with Crippen LogP contribution in [0, 0.1) is 5.92 Å². The summed E-state index contributed by atoms with van der Waals surface area (Å²) in [5.74, 6) is 0.717. The molecule has 0 unspecified atom stereocenters. The number of carbonyl (C=O) groups excluding carboxylic acids is 2. The second-order valence-corrected chi connectivity index (χ2v) is 10.5. The number of rotatable bonds is 6. The van der Waals surface area contributed by atoms with E-state index in [4.69, 9.17) is 39.8 Å². The number of amides is 2. The lowest BCUT2D eigenvalue weighted by Gasteiger charge is -2.37. The van der Waals surface area contributed by atoms with Crippen molar-refractivity contribution in [2.75, 3.05) is 36.4 Å². The number of nitrogens with zero attached hydrogens (tertiary/aromatic N) is 2. The lowest BCUT2D eigenvalue weighted by Crippen LogP contribution is -2.49. The molecule has 10 heteroatoms. The minimum Gasteiger partial charge on any atom is -0.451 e. The SMILES string of the molecule is CC(C)CC(=O)N1CCN(c2ccc(Cl)cc2NC(=S)NC(=O)c2ccc(-c3ccc(Cl)cc3)o2)CC1. The fraction of sp³-hybridized carbons (Fsp3) is 0.296. The highest BCUT2D eigenvalue weighted by molar-refractivity contribution is 7.80. The molecular weight excluding hydrogens is 531 g/mol. The molecule has 4 rings (SSSR count). The van der Waals surface area contributed by atoms with Crippen molar-refractivity contribution in [2.45, 2.75) is 20.3 Å². The molecule has 2 heterocycles. The predicted molar refractivity (Wildman–Crippen MR) is 153 cm³/mol. The van der Waals surface area contributed by atoms with Gasteiger partial charge in [0.15, 0.2) is 10.9 Å². The lowest BCUT2D eigenvalue weighted by atomic mass is 10.1. The topological polar surface area (TPSA) is 77.8 Å². The third-order valence-electron chi connectivity index (χ3n) is 5.95. The van der Waals surface area contributed by atoms with Crippen molar-refractivity contribution < 1.29 is 14.0 Å². The zero-order valence-corrected chi connectivity index (χ0v) is 22.9. The van der Waals surface area contributed by atoms with Crippen molar-refractivity contribution in [2.24, 2.45) is 5.92 Å². The van der Waals surface area contributed by atoms with Gasteiger partial charge in [-0.25, -0.2) is 0 Å². The molecule has 3 aromatic rings. The van der Waals surface area contributed by atoms with E-state index in [1.54, 1.807) is 36.4 Å². The smallest absolute Gasteiger partial charge is 0.293 e. The molecule has 2 aromatic carbocycles. The van der Waals surface area contributed by atoms with Crippen LogP contribution in [0.2, 0.25) is 10.0 Å². The Labute approximate surface area is 231 Å². The summed E-state index contributed by atoms with van der Waals surface area (Å²) >= 11 is 17.6. The van der Waals surface area contributed by atoms with Crippen LogP contribution in [0.3, 0.4) is 0 Å². The van der Waals surface area contributed by atoms with Gasteiger partial charge in [-0.05, 0) is 72.7 Å². The summed E-state index contributed by atoms with van der Waals surface area (Å²) in [6.07, 6.45) is 0.554. The van der Waals surface area contributed by atoms with Crippen LogP contribution in [0.1, 0.15) is 30.8 Å². The highest BCUT2D eigenvalue weighted by Crippen LogP contribution is 2.30. The molecular formula is C27H28Cl2N4O3S. The molecule has 1 saturated heterocycles. The number of carbonyl (C=O) groups is 2. The molecule has 0 aliphatic carbocycles. The maximum Gasteiger partial charge on any atom is 0.293 e. The first-order valence-corrected chi connectivity index (χ1v) is 13.2. The minimum atomic E-state index is -0.474. The van der Waals surface area contributed by atoms with E-state index in [9.17, 15) is 9.59 Å². The first-order chi connectivity index (χ1) is 17.7. The second kappa shape index (κ2) is 12.0. The quantitative estimate of drug-likeness (QED) is 0.357. The average molecular weight is 560 g/mol. The van der Waals surface area contributed by atoms with Crippen LogP contribution >= 0.6 is 35.4 Å².